The van der Waals surface area contributed by atoms with Crippen molar-refractivity contribution in [3.05, 3.63) is 29.3 Å². The van der Waals surface area contributed by atoms with Crippen LogP contribution in [0.2, 0.25) is 0 Å². The SMILES string of the molecule is Cc1c(O)cccc1C(=O)N[C@H]1C[C@H]2CO[C@@H](CCO)CN2C1. The van der Waals surface area contributed by atoms with Crippen molar-refractivity contribution < 1.29 is 19.7 Å². The van der Waals surface area contributed by atoms with Crippen molar-refractivity contribution in [3.8, 4) is 5.75 Å². The van der Waals surface area contributed by atoms with Crippen LogP contribution in [0, 0.1) is 6.92 Å². The predicted octanol–water partition coefficient (Wildman–Crippen LogP) is 0.655. The number of amides is 1. The number of nitrogens with zero attached hydrogens (tertiary/aromatic N) is 1. The van der Waals surface area contributed by atoms with E-state index in [0.29, 0.717) is 30.2 Å². The Morgan fingerprint density at radius 2 is 2.26 bits per heavy atom. The summed E-state index contributed by atoms with van der Waals surface area (Å²) >= 11 is 0. The molecule has 2 heterocycles. The van der Waals surface area contributed by atoms with Gasteiger partial charge in [-0.3, -0.25) is 9.69 Å². The van der Waals surface area contributed by atoms with Gasteiger partial charge in [0, 0.05) is 42.9 Å². The summed E-state index contributed by atoms with van der Waals surface area (Å²) in [6.45, 7) is 4.15. The first kappa shape index (κ1) is 16.2. The summed E-state index contributed by atoms with van der Waals surface area (Å²) in [5, 5.41) is 21.8. The van der Waals surface area contributed by atoms with Gasteiger partial charge in [0.2, 0.25) is 0 Å². The minimum absolute atomic E-state index is 0.0824. The van der Waals surface area contributed by atoms with Crippen LogP contribution in [0.5, 0.6) is 5.75 Å². The highest BCUT2D eigenvalue weighted by Gasteiger charge is 2.37. The number of aliphatic hydroxyl groups excluding tert-OH is 1. The van der Waals surface area contributed by atoms with E-state index in [1.807, 2.05) is 0 Å². The first-order chi connectivity index (χ1) is 11.1. The molecule has 2 fully saturated rings. The van der Waals surface area contributed by atoms with Gasteiger partial charge >= 0.3 is 0 Å². The number of benzene rings is 1. The van der Waals surface area contributed by atoms with Gasteiger partial charge in [-0.2, -0.15) is 0 Å². The molecular formula is C17H24N2O4. The number of rotatable bonds is 4. The lowest BCUT2D eigenvalue weighted by Crippen LogP contribution is -2.46. The van der Waals surface area contributed by atoms with Gasteiger partial charge < -0.3 is 20.3 Å². The zero-order valence-electron chi connectivity index (χ0n) is 13.4. The van der Waals surface area contributed by atoms with Crippen LogP contribution in [0.4, 0.5) is 0 Å². The van der Waals surface area contributed by atoms with Crippen molar-refractivity contribution in [2.75, 3.05) is 26.3 Å². The second-order valence-corrected chi connectivity index (χ2v) is 6.43. The van der Waals surface area contributed by atoms with Crippen molar-refractivity contribution in [1.29, 1.82) is 0 Å². The molecular weight excluding hydrogens is 296 g/mol. The van der Waals surface area contributed by atoms with Crippen LogP contribution in [-0.4, -0.2) is 65.5 Å². The maximum atomic E-state index is 12.4. The van der Waals surface area contributed by atoms with Crippen LogP contribution in [0.1, 0.15) is 28.8 Å². The highest BCUT2D eigenvalue weighted by atomic mass is 16.5. The molecule has 0 spiro atoms. The molecule has 23 heavy (non-hydrogen) atoms. The monoisotopic (exact) mass is 320 g/mol. The predicted molar refractivity (Wildman–Crippen MR) is 85.5 cm³/mol. The zero-order valence-corrected chi connectivity index (χ0v) is 13.4. The number of carbonyl (C=O) groups is 1. The van der Waals surface area contributed by atoms with Gasteiger partial charge in [0.1, 0.15) is 5.75 Å². The van der Waals surface area contributed by atoms with E-state index in [2.05, 4.69) is 10.2 Å². The average molecular weight is 320 g/mol. The number of morpholine rings is 1. The minimum atomic E-state index is -0.143. The van der Waals surface area contributed by atoms with Gasteiger partial charge in [0.15, 0.2) is 0 Å². The number of ether oxygens (including phenoxy) is 1. The molecule has 0 saturated carbocycles. The van der Waals surface area contributed by atoms with Crippen LogP contribution in [-0.2, 0) is 4.74 Å². The van der Waals surface area contributed by atoms with Crippen LogP contribution < -0.4 is 5.32 Å². The summed E-state index contributed by atoms with van der Waals surface area (Å²) in [5.74, 6) is -0.00203. The Kier molecular flexibility index (Phi) is 4.84. The average Bonchev–Trinajstić information content (AvgIpc) is 2.91. The molecule has 1 aromatic rings. The number of fused-ring (bicyclic) bond motifs is 1. The summed E-state index contributed by atoms with van der Waals surface area (Å²) in [4.78, 5) is 14.8. The lowest BCUT2D eigenvalue weighted by atomic mass is 10.1. The second kappa shape index (κ2) is 6.86. The van der Waals surface area contributed by atoms with Crippen molar-refractivity contribution in [1.82, 2.24) is 10.2 Å². The number of carbonyl (C=O) groups excluding carboxylic acids is 1. The summed E-state index contributed by atoms with van der Waals surface area (Å²) in [6.07, 6.45) is 1.61. The number of aromatic hydroxyl groups is 1. The van der Waals surface area contributed by atoms with Gasteiger partial charge in [0.05, 0.1) is 12.7 Å². The number of nitrogens with one attached hydrogen (secondary N) is 1. The summed E-state index contributed by atoms with van der Waals surface area (Å²) in [5.41, 5.74) is 1.12. The molecule has 0 aromatic heterocycles. The molecule has 1 aromatic carbocycles. The van der Waals surface area contributed by atoms with E-state index >= 15 is 0 Å². The van der Waals surface area contributed by atoms with E-state index in [1.54, 1.807) is 25.1 Å². The molecule has 3 N–H and O–H groups in total. The van der Waals surface area contributed by atoms with Gasteiger partial charge in [-0.1, -0.05) is 6.07 Å². The van der Waals surface area contributed by atoms with Crippen molar-refractivity contribution in [2.45, 2.75) is 38.0 Å². The summed E-state index contributed by atoms with van der Waals surface area (Å²) in [6, 6.07) is 5.42. The maximum Gasteiger partial charge on any atom is 0.251 e. The fourth-order valence-corrected chi connectivity index (χ4v) is 3.50. The second-order valence-electron chi connectivity index (χ2n) is 6.43. The van der Waals surface area contributed by atoms with E-state index < -0.39 is 0 Å². The molecule has 0 unspecified atom stereocenters. The molecule has 126 valence electrons. The third kappa shape index (κ3) is 3.49. The fourth-order valence-electron chi connectivity index (χ4n) is 3.50. The number of hydrogen-bond acceptors (Lipinski definition) is 5. The number of phenols is 1. The summed E-state index contributed by atoms with van der Waals surface area (Å²) < 4.78 is 5.76. The van der Waals surface area contributed by atoms with E-state index in [4.69, 9.17) is 9.84 Å². The molecule has 0 aliphatic carbocycles. The van der Waals surface area contributed by atoms with E-state index in [0.717, 1.165) is 19.5 Å². The molecule has 6 heteroatoms. The Balaban J connectivity index is 1.60. The number of phenolic OH excluding ortho intramolecular Hbond substituents is 1. The molecule has 1 amide bonds. The smallest absolute Gasteiger partial charge is 0.251 e. The summed E-state index contributed by atoms with van der Waals surface area (Å²) in [7, 11) is 0. The van der Waals surface area contributed by atoms with Gasteiger partial charge in [-0.05, 0) is 31.9 Å². The van der Waals surface area contributed by atoms with Gasteiger partial charge in [0.25, 0.3) is 5.91 Å². The highest BCUT2D eigenvalue weighted by Crippen LogP contribution is 2.25. The lowest BCUT2D eigenvalue weighted by molar-refractivity contribution is -0.0566. The Bertz CT molecular complexity index is 578. The Morgan fingerprint density at radius 3 is 3.04 bits per heavy atom. The molecule has 0 bridgehead atoms. The Hall–Kier alpha value is -1.63. The van der Waals surface area contributed by atoms with E-state index in [9.17, 15) is 9.90 Å². The maximum absolute atomic E-state index is 12.4. The minimum Gasteiger partial charge on any atom is -0.508 e. The quantitative estimate of drug-likeness (QED) is 0.759. The lowest BCUT2D eigenvalue weighted by Gasteiger charge is -2.34. The fraction of sp³-hybridized carbons (Fsp3) is 0.588. The molecule has 0 radical (unpaired) electrons. The third-order valence-corrected chi connectivity index (χ3v) is 4.83. The first-order valence-corrected chi connectivity index (χ1v) is 8.14. The van der Waals surface area contributed by atoms with Crippen LogP contribution in [0.15, 0.2) is 18.2 Å². The van der Waals surface area contributed by atoms with Crippen LogP contribution in [0.3, 0.4) is 0 Å². The molecule has 3 atom stereocenters. The largest absolute Gasteiger partial charge is 0.508 e. The molecule has 3 rings (SSSR count). The standard InChI is InChI=1S/C17H24N2O4/c1-11-15(3-2-4-16(11)21)17(22)18-12-7-13-10-23-14(5-6-20)9-19(13)8-12/h2-4,12-14,20-21H,5-10H2,1H3,(H,18,22)/t12-,13-,14-/m0/s1. The van der Waals surface area contributed by atoms with E-state index in [1.165, 1.54) is 0 Å². The van der Waals surface area contributed by atoms with Crippen molar-refractivity contribution in [2.24, 2.45) is 0 Å². The molecule has 6 nitrogen and oxygen atoms in total. The topological polar surface area (TPSA) is 82.0 Å². The molecule has 2 saturated heterocycles. The first-order valence-electron chi connectivity index (χ1n) is 8.14. The van der Waals surface area contributed by atoms with Crippen LogP contribution >= 0.6 is 0 Å². The number of hydrogen-bond donors (Lipinski definition) is 3. The van der Waals surface area contributed by atoms with Crippen molar-refractivity contribution >= 4 is 5.91 Å². The Labute approximate surface area is 136 Å². The third-order valence-electron chi connectivity index (χ3n) is 4.83. The van der Waals surface area contributed by atoms with Gasteiger partial charge in [-0.15, -0.1) is 0 Å². The highest BCUT2D eigenvalue weighted by molar-refractivity contribution is 5.96. The van der Waals surface area contributed by atoms with Crippen molar-refractivity contribution in [3.63, 3.8) is 0 Å². The zero-order chi connectivity index (χ0) is 16.4. The number of aliphatic hydroxyl groups is 1. The molecule has 2 aliphatic heterocycles. The normalized spacial score (nSPS) is 27.7. The van der Waals surface area contributed by atoms with Crippen LogP contribution in [0.25, 0.3) is 0 Å². The van der Waals surface area contributed by atoms with Gasteiger partial charge in [-0.25, -0.2) is 0 Å². The Morgan fingerprint density at radius 1 is 1.43 bits per heavy atom. The van der Waals surface area contributed by atoms with E-state index in [-0.39, 0.29) is 30.4 Å². The molecule has 2 aliphatic rings.